The second-order valence-electron chi connectivity index (χ2n) is 12.5. The number of benzene rings is 8. The predicted molar refractivity (Wildman–Crippen MR) is 189 cm³/mol. The van der Waals surface area contributed by atoms with Crippen molar-refractivity contribution in [3.8, 4) is 44.5 Å². The molecule has 0 aromatic heterocycles. The molecule has 0 aliphatic heterocycles. The zero-order valence-electron chi connectivity index (χ0n) is 24.7. The second kappa shape index (κ2) is 9.14. The molecule has 0 N–H and O–H groups in total. The molecule has 0 unspecified atom stereocenters. The molecule has 8 aromatic rings. The van der Waals surface area contributed by atoms with E-state index in [1.807, 2.05) is 0 Å². The summed E-state index contributed by atoms with van der Waals surface area (Å²) in [4.78, 5) is 0. The first kappa shape index (κ1) is 24.7. The lowest BCUT2D eigenvalue weighted by atomic mass is 9.70. The smallest absolute Gasteiger partial charge is 0.0619 e. The molecule has 0 heteroatoms. The lowest BCUT2D eigenvalue weighted by molar-refractivity contribution is 0.794. The van der Waals surface area contributed by atoms with Gasteiger partial charge in [-0.3, -0.25) is 0 Å². The fraction of sp³-hybridized carbons (Fsp3) is 0.0222. The monoisotopic (exact) mass is 568 g/mol. The maximum absolute atomic E-state index is 2.48. The fourth-order valence-electron chi connectivity index (χ4n) is 8.24. The Morgan fingerprint density at radius 1 is 0.244 bits per heavy atom. The molecule has 45 heavy (non-hydrogen) atoms. The molecule has 2 aliphatic carbocycles. The minimum absolute atomic E-state index is 0.391. The van der Waals surface area contributed by atoms with Gasteiger partial charge in [-0.25, -0.2) is 0 Å². The summed E-state index contributed by atoms with van der Waals surface area (Å²) < 4.78 is 0. The zero-order chi connectivity index (χ0) is 29.5. The molecular weight excluding hydrogens is 540 g/mol. The summed E-state index contributed by atoms with van der Waals surface area (Å²) >= 11 is 0. The molecule has 8 aromatic carbocycles. The number of fused-ring (bicyclic) bond motifs is 12. The molecule has 0 saturated carbocycles. The van der Waals surface area contributed by atoms with Crippen LogP contribution in [0.2, 0.25) is 0 Å². The summed E-state index contributed by atoms with van der Waals surface area (Å²) in [5.41, 5.74) is 15.4. The van der Waals surface area contributed by atoms with E-state index in [-0.39, 0.29) is 0 Å². The van der Waals surface area contributed by atoms with Gasteiger partial charge in [-0.05, 0) is 113 Å². The van der Waals surface area contributed by atoms with E-state index in [1.54, 1.807) is 0 Å². The summed E-state index contributed by atoms with van der Waals surface area (Å²) in [5.74, 6) is 0. The Kier molecular flexibility index (Phi) is 5.02. The number of rotatable bonds is 2. The molecule has 2 aliphatic rings. The standard InChI is InChI=1S/C45H28/c1-3-11-31-25-33(19-17-29(31)9-1)35-21-23-39-40-24-22-36(34-20-18-30-10-2-4-12-32(30)26-34)28-44(40)45(43(39)27-35)41-15-7-5-13-37(41)38-14-6-8-16-42(38)45/h1-28H. The SMILES string of the molecule is c1ccc2c(c1)-c1ccccc1C21c2cc(-c3ccc4ccccc4c3)ccc2-c2ccc(-c3ccc4ccccc4c3)cc21. The van der Waals surface area contributed by atoms with Gasteiger partial charge in [-0.2, -0.15) is 0 Å². The van der Waals surface area contributed by atoms with E-state index < -0.39 is 5.41 Å². The Morgan fingerprint density at radius 2 is 0.600 bits per heavy atom. The highest BCUT2D eigenvalue weighted by molar-refractivity contribution is 5.98. The molecule has 0 radical (unpaired) electrons. The first-order valence-electron chi connectivity index (χ1n) is 15.8. The molecule has 0 bridgehead atoms. The van der Waals surface area contributed by atoms with Crippen molar-refractivity contribution < 1.29 is 0 Å². The molecule has 208 valence electrons. The first-order chi connectivity index (χ1) is 22.3. The minimum Gasteiger partial charge on any atom is -0.0619 e. The van der Waals surface area contributed by atoms with Crippen molar-refractivity contribution in [3.63, 3.8) is 0 Å². The summed E-state index contributed by atoms with van der Waals surface area (Å²) in [5, 5.41) is 5.08. The number of hydrogen-bond donors (Lipinski definition) is 0. The van der Waals surface area contributed by atoms with Crippen LogP contribution < -0.4 is 0 Å². The normalized spacial score (nSPS) is 13.5. The summed E-state index contributed by atoms with van der Waals surface area (Å²) in [6.45, 7) is 0. The lowest BCUT2D eigenvalue weighted by Crippen LogP contribution is -2.26. The van der Waals surface area contributed by atoms with Crippen LogP contribution in [0.1, 0.15) is 22.3 Å². The molecule has 10 rings (SSSR count). The quantitative estimate of drug-likeness (QED) is 0.195. The molecule has 0 amide bonds. The highest BCUT2D eigenvalue weighted by atomic mass is 14.5. The van der Waals surface area contributed by atoms with E-state index in [0.29, 0.717) is 0 Å². The highest BCUT2D eigenvalue weighted by Gasteiger charge is 2.51. The van der Waals surface area contributed by atoms with Crippen LogP contribution >= 0.6 is 0 Å². The fourth-order valence-corrected chi connectivity index (χ4v) is 8.24. The Morgan fingerprint density at radius 3 is 1.09 bits per heavy atom. The van der Waals surface area contributed by atoms with Gasteiger partial charge in [0.2, 0.25) is 0 Å². The van der Waals surface area contributed by atoms with Crippen LogP contribution in [0.15, 0.2) is 170 Å². The van der Waals surface area contributed by atoms with E-state index in [9.17, 15) is 0 Å². The van der Waals surface area contributed by atoms with E-state index in [4.69, 9.17) is 0 Å². The summed E-state index contributed by atoms with van der Waals surface area (Å²) in [6, 6.07) is 63.4. The van der Waals surface area contributed by atoms with Crippen LogP contribution in [0.25, 0.3) is 66.1 Å². The molecule has 1 spiro atoms. The average molecular weight is 569 g/mol. The van der Waals surface area contributed by atoms with Crippen molar-refractivity contribution >= 4 is 21.5 Å². The van der Waals surface area contributed by atoms with Gasteiger partial charge in [0.15, 0.2) is 0 Å². The van der Waals surface area contributed by atoms with Gasteiger partial charge < -0.3 is 0 Å². The number of hydrogen-bond acceptors (Lipinski definition) is 0. The maximum Gasteiger partial charge on any atom is 0.0725 e. The van der Waals surface area contributed by atoms with Crippen molar-refractivity contribution in [1.82, 2.24) is 0 Å². The average Bonchev–Trinajstić information content (AvgIpc) is 3.58. The van der Waals surface area contributed by atoms with Crippen molar-refractivity contribution in [1.29, 1.82) is 0 Å². The van der Waals surface area contributed by atoms with Crippen LogP contribution in [0.3, 0.4) is 0 Å². The van der Waals surface area contributed by atoms with E-state index in [1.165, 1.54) is 88.3 Å². The topological polar surface area (TPSA) is 0 Å². The van der Waals surface area contributed by atoms with Gasteiger partial charge in [-0.1, -0.05) is 146 Å². The van der Waals surface area contributed by atoms with Crippen molar-refractivity contribution in [2.24, 2.45) is 0 Å². The van der Waals surface area contributed by atoms with Gasteiger partial charge in [0.1, 0.15) is 0 Å². The van der Waals surface area contributed by atoms with E-state index in [0.717, 1.165) is 0 Å². The third-order valence-corrected chi connectivity index (χ3v) is 10.3. The Hall–Kier alpha value is -5.72. The van der Waals surface area contributed by atoms with E-state index >= 15 is 0 Å². The van der Waals surface area contributed by atoms with Crippen LogP contribution in [0.4, 0.5) is 0 Å². The molecule has 0 heterocycles. The Balaban J connectivity index is 1.26. The van der Waals surface area contributed by atoms with Gasteiger partial charge in [0.05, 0.1) is 5.41 Å². The zero-order valence-corrected chi connectivity index (χ0v) is 24.7. The highest BCUT2D eigenvalue weighted by Crippen LogP contribution is 2.63. The summed E-state index contributed by atoms with van der Waals surface area (Å²) in [7, 11) is 0. The van der Waals surface area contributed by atoms with Crippen LogP contribution in [0.5, 0.6) is 0 Å². The van der Waals surface area contributed by atoms with Gasteiger partial charge in [0.25, 0.3) is 0 Å². The molecule has 0 nitrogen and oxygen atoms in total. The van der Waals surface area contributed by atoms with Crippen molar-refractivity contribution in [2.45, 2.75) is 5.41 Å². The second-order valence-corrected chi connectivity index (χ2v) is 12.5. The van der Waals surface area contributed by atoms with Gasteiger partial charge in [-0.15, -0.1) is 0 Å². The molecule has 0 fully saturated rings. The molecule has 0 atom stereocenters. The summed E-state index contributed by atoms with van der Waals surface area (Å²) in [6.07, 6.45) is 0. The molecular formula is C45H28. The molecule has 0 saturated heterocycles. The third kappa shape index (κ3) is 3.37. The van der Waals surface area contributed by atoms with Crippen LogP contribution in [-0.2, 0) is 5.41 Å². The van der Waals surface area contributed by atoms with Crippen LogP contribution in [0, 0.1) is 0 Å². The third-order valence-electron chi connectivity index (χ3n) is 10.3. The van der Waals surface area contributed by atoms with Gasteiger partial charge in [0, 0.05) is 0 Å². The van der Waals surface area contributed by atoms with Crippen LogP contribution in [-0.4, -0.2) is 0 Å². The van der Waals surface area contributed by atoms with E-state index in [2.05, 4.69) is 170 Å². The van der Waals surface area contributed by atoms with Gasteiger partial charge >= 0.3 is 0 Å². The van der Waals surface area contributed by atoms with Crippen molar-refractivity contribution in [2.75, 3.05) is 0 Å². The lowest BCUT2D eigenvalue weighted by Gasteiger charge is -2.31. The van der Waals surface area contributed by atoms with Crippen molar-refractivity contribution in [3.05, 3.63) is 192 Å². The predicted octanol–water partition coefficient (Wildman–Crippen LogP) is 11.7. The Labute approximate surface area is 262 Å². The Bertz CT molecular complexity index is 2320. The maximum atomic E-state index is 2.48. The first-order valence-corrected chi connectivity index (χ1v) is 15.8. The largest absolute Gasteiger partial charge is 0.0725 e. The minimum atomic E-state index is -0.391.